The van der Waals surface area contributed by atoms with Gasteiger partial charge in [0.05, 0.1) is 4.92 Å². The van der Waals surface area contributed by atoms with Crippen molar-refractivity contribution >= 4 is 17.3 Å². The maximum Gasteiger partial charge on any atom is 0.342 e. The van der Waals surface area contributed by atoms with Gasteiger partial charge in [0.25, 0.3) is 0 Å². The molecule has 21 heavy (non-hydrogen) atoms. The number of nitrogens with one attached hydrogen (secondary N) is 1. The van der Waals surface area contributed by atoms with Crippen molar-refractivity contribution in [3.63, 3.8) is 0 Å². The lowest BCUT2D eigenvalue weighted by atomic mass is 10.1. The predicted molar refractivity (Wildman–Crippen MR) is 78.7 cm³/mol. The van der Waals surface area contributed by atoms with E-state index >= 15 is 0 Å². The first-order valence-corrected chi connectivity index (χ1v) is 6.38. The summed E-state index contributed by atoms with van der Waals surface area (Å²) in [5.41, 5.74) is 0.598. The number of aromatic carboxylic acids is 1. The number of anilines is 1. The fraction of sp³-hybridized carbons (Fsp3) is 0.133. The number of nitrogens with zero attached hydrogens (tertiary/aromatic N) is 1. The monoisotopic (exact) mass is 286 g/mol. The summed E-state index contributed by atoms with van der Waals surface area (Å²) in [7, 11) is 0. The summed E-state index contributed by atoms with van der Waals surface area (Å²) >= 11 is 0. The molecule has 0 aromatic heterocycles. The van der Waals surface area contributed by atoms with Crippen LogP contribution in [0.15, 0.2) is 48.5 Å². The SMILES string of the molecule is O=C(O)c1cccc(NCCc2ccccc2)c1[N+](=O)[O-]. The van der Waals surface area contributed by atoms with Crippen molar-refractivity contribution in [1.29, 1.82) is 0 Å². The minimum atomic E-state index is -1.31. The molecule has 2 aromatic carbocycles. The van der Waals surface area contributed by atoms with Crippen LogP contribution in [0.5, 0.6) is 0 Å². The van der Waals surface area contributed by atoms with Crippen LogP contribution in [0.25, 0.3) is 0 Å². The normalized spacial score (nSPS) is 10.1. The number of rotatable bonds is 6. The molecular weight excluding hydrogens is 272 g/mol. The van der Waals surface area contributed by atoms with Gasteiger partial charge in [0.1, 0.15) is 11.3 Å². The average Bonchev–Trinajstić information content (AvgIpc) is 2.47. The summed E-state index contributed by atoms with van der Waals surface area (Å²) < 4.78 is 0. The van der Waals surface area contributed by atoms with Gasteiger partial charge >= 0.3 is 11.7 Å². The Morgan fingerprint density at radius 2 is 1.86 bits per heavy atom. The van der Waals surface area contributed by atoms with E-state index < -0.39 is 16.6 Å². The second-order valence-corrected chi connectivity index (χ2v) is 4.43. The summed E-state index contributed by atoms with van der Waals surface area (Å²) in [6, 6.07) is 13.9. The van der Waals surface area contributed by atoms with Crippen molar-refractivity contribution in [2.24, 2.45) is 0 Å². The van der Waals surface area contributed by atoms with Crippen LogP contribution in [0.1, 0.15) is 15.9 Å². The molecule has 0 amide bonds. The van der Waals surface area contributed by atoms with Crippen LogP contribution < -0.4 is 5.32 Å². The van der Waals surface area contributed by atoms with Crippen LogP contribution in [0.2, 0.25) is 0 Å². The molecule has 0 spiro atoms. The Hall–Kier alpha value is -2.89. The van der Waals surface area contributed by atoms with Gasteiger partial charge in [-0.05, 0) is 24.1 Å². The lowest BCUT2D eigenvalue weighted by Gasteiger charge is -2.08. The number of para-hydroxylation sites is 1. The third kappa shape index (κ3) is 3.56. The molecule has 2 N–H and O–H groups in total. The minimum Gasteiger partial charge on any atom is -0.477 e. The topological polar surface area (TPSA) is 92.5 Å². The molecule has 0 aliphatic heterocycles. The fourth-order valence-electron chi connectivity index (χ4n) is 2.04. The van der Waals surface area contributed by atoms with Crippen LogP contribution in [0, 0.1) is 10.1 Å². The average molecular weight is 286 g/mol. The maximum absolute atomic E-state index is 11.1. The molecule has 0 saturated carbocycles. The Labute approximate surface area is 121 Å². The Morgan fingerprint density at radius 3 is 2.48 bits per heavy atom. The first-order valence-electron chi connectivity index (χ1n) is 6.38. The lowest BCUT2D eigenvalue weighted by molar-refractivity contribution is -0.384. The molecule has 0 atom stereocenters. The van der Waals surface area contributed by atoms with Gasteiger partial charge < -0.3 is 10.4 Å². The van der Waals surface area contributed by atoms with E-state index in [0.29, 0.717) is 13.0 Å². The molecule has 2 rings (SSSR count). The number of hydrogen-bond acceptors (Lipinski definition) is 4. The minimum absolute atomic E-state index is 0.218. The molecule has 0 saturated heterocycles. The first kappa shape index (κ1) is 14.5. The number of nitro benzene ring substituents is 1. The molecule has 0 radical (unpaired) electrons. The number of carboxylic acid groups (broad SMARTS) is 1. The summed E-state index contributed by atoms with van der Waals surface area (Å²) in [6.45, 7) is 0.480. The summed E-state index contributed by atoms with van der Waals surface area (Å²) in [4.78, 5) is 21.5. The van der Waals surface area contributed by atoms with E-state index in [1.54, 1.807) is 0 Å². The van der Waals surface area contributed by atoms with Gasteiger partial charge in [-0.3, -0.25) is 10.1 Å². The van der Waals surface area contributed by atoms with E-state index in [9.17, 15) is 14.9 Å². The third-order valence-corrected chi connectivity index (χ3v) is 3.02. The summed E-state index contributed by atoms with van der Waals surface area (Å²) in [5, 5.41) is 23.0. The highest BCUT2D eigenvalue weighted by atomic mass is 16.6. The van der Waals surface area contributed by atoms with E-state index in [-0.39, 0.29) is 11.3 Å². The van der Waals surface area contributed by atoms with Crippen molar-refractivity contribution in [2.75, 3.05) is 11.9 Å². The largest absolute Gasteiger partial charge is 0.477 e. The van der Waals surface area contributed by atoms with Crippen LogP contribution in [-0.2, 0) is 6.42 Å². The maximum atomic E-state index is 11.1. The molecular formula is C15H14N2O4. The van der Waals surface area contributed by atoms with Crippen LogP contribution in [0.3, 0.4) is 0 Å². The van der Waals surface area contributed by atoms with Crippen LogP contribution >= 0.6 is 0 Å². The highest BCUT2D eigenvalue weighted by Gasteiger charge is 2.23. The smallest absolute Gasteiger partial charge is 0.342 e. The number of benzene rings is 2. The number of hydrogen-bond donors (Lipinski definition) is 2. The van der Waals surface area contributed by atoms with Gasteiger partial charge in [-0.2, -0.15) is 0 Å². The lowest BCUT2D eigenvalue weighted by Crippen LogP contribution is -2.10. The Morgan fingerprint density at radius 1 is 1.14 bits per heavy atom. The van der Waals surface area contributed by atoms with Gasteiger partial charge in [0.2, 0.25) is 0 Å². The van der Waals surface area contributed by atoms with Gasteiger partial charge in [-0.25, -0.2) is 4.79 Å². The Bertz CT molecular complexity index is 656. The standard InChI is InChI=1S/C15H14N2O4/c18-15(19)12-7-4-8-13(14(12)17(20)21)16-10-9-11-5-2-1-3-6-11/h1-8,16H,9-10H2,(H,18,19). The van der Waals surface area contributed by atoms with Crippen LogP contribution in [-0.4, -0.2) is 22.5 Å². The zero-order valence-corrected chi connectivity index (χ0v) is 11.2. The molecule has 0 aliphatic carbocycles. The number of nitro groups is 1. The molecule has 0 fully saturated rings. The summed E-state index contributed by atoms with van der Waals surface area (Å²) in [5.74, 6) is -1.31. The van der Waals surface area contributed by atoms with E-state index in [1.165, 1.54) is 18.2 Å². The molecule has 6 heteroatoms. The second-order valence-electron chi connectivity index (χ2n) is 4.43. The van der Waals surface area contributed by atoms with Gasteiger partial charge in [-0.1, -0.05) is 36.4 Å². The zero-order chi connectivity index (χ0) is 15.2. The van der Waals surface area contributed by atoms with Crippen molar-refractivity contribution in [3.8, 4) is 0 Å². The molecule has 0 heterocycles. The number of carbonyl (C=O) groups is 1. The van der Waals surface area contributed by atoms with E-state index in [2.05, 4.69) is 5.32 Å². The second kappa shape index (κ2) is 6.51. The molecule has 108 valence electrons. The van der Waals surface area contributed by atoms with Crippen molar-refractivity contribution in [1.82, 2.24) is 0 Å². The van der Waals surface area contributed by atoms with Crippen molar-refractivity contribution in [2.45, 2.75) is 6.42 Å². The third-order valence-electron chi connectivity index (χ3n) is 3.02. The van der Waals surface area contributed by atoms with Crippen LogP contribution in [0.4, 0.5) is 11.4 Å². The predicted octanol–water partition coefficient (Wildman–Crippen LogP) is 2.95. The van der Waals surface area contributed by atoms with E-state index in [0.717, 1.165) is 5.56 Å². The van der Waals surface area contributed by atoms with Gasteiger partial charge in [-0.15, -0.1) is 0 Å². The molecule has 0 bridgehead atoms. The quantitative estimate of drug-likeness (QED) is 0.629. The fourth-order valence-corrected chi connectivity index (χ4v) is 2.04. The zero-order valence-electron chi connectivity index (χ0n) is 11.2. The molecule has 2 aromatic rings. The highest BCUT2D eigenvalue weighted by Crippen LogP contribution is 2.28. The van der Waals surface area contributed by atoms with Crippen molar-refractivity contribution in [3.05, 3.63) is 69.8 Å². The van der Waals surface area contributed by atoms with Crippen molar-refractivity contribution < 1.29 is 14.8 Å². The molecule has 0 unspecified atom stereocenters. The molecule has 6 nitrogen and oxygen atoms in total. The summed E-state index contributed by atoms with van der Waals surface area (Å²) in [6.07, 6.45) is 0.690. The van der Waals surface area contributed by atoms with E-state index in [4.69, 9.17) is 5.11 Å². The number of carboxylic acids is 1. The van der Waals surface area contributed by atoms with E-state index in [1.807, 2.05) is 30.3 Å². The van der Waals surface area contributed by atoms with Gasteiger partial charge in [0, 0.05) is 6.54 Å². The highest BCUT2D eigenvalue weighted by molar-refractivity contribution is 5.95. The Kier molecular flexibility index (Phi) is 4.50. The Balaban J connectivity index is 2.14. The molecule has 0 aliphatic rings. The van der Waals surface area contributed by atoms with Gasteiger partial charge in [0.15, 0.2) is 0 Å². The first-order chi connectivity index (χ1) is 10.1.